The maximum Gasteiger partial charge on any atom is 0.175 e. The summed E-state index contributed by atoms with van der Waals surface area (Å²) in [4.78, 5) is 0. The van der Waals surface area contributed by atoms with Gasteiger partial charge in [-0.15, -0.1) is 10.2 Å². The summed E-state index contributed by atoms with van der Waals surface area (Å²) in [5, 5.41) is 8.20. The van der Waals surface area contributed by atoms with Crippen LogP contribution < -0.4 is 5.73 Å². The average Bonchev–Trinajstić information content (AvgIpc) is 2.72. The molecular formula is C10H19N3S3. The van der Waals surface area contributed by atoms with Gasteiger partial charge >= 0.3 is 0 Å². The summed E-state index contributed by atoms with van der Waals surface area (Å²) < 4.78 is 2.12. The van der Waals surface area contributed by atoms with Crippen LogP contribution in [0.1, 0.15) is 26.7 Å². The second-order valence-electron chi connectivity index (χ2n) is 4.36. The van der Waals surface area contributed by atoms with Crippen molar-refractivity contribution in [1.82, 2.24) is 10.2 Å². The van der Waals surface area contributed by atoms with Crippen molar-refractivity contribution >= 4 is 34.9 Å². The Balaban J connectivity index is 2.20. The minimum atomic E-state index is 0.270. The van der Waals surface area contributed by atoms with Crippen LogP contribution >= 0.6 is 34.9 Å². The van der Waals surface area contributed by atoms with Gasteiger partial charge < -0.3 is 5.73 Å². The summed E-state index contributed by atoms with van der Waals surface area (Å²) in [5.74, 6) is 1.10. The molecule has 6 heteroatoms. The highest BCUT2D eigenvalue weighted by atomic mass is 32.2. The predicted octanol–water partition coefficient (Wildman–Crippen LogP) is 3.12. The third-order valence-electron chi connectivity index (χ3n) is 2.34. The van der Waals surface area contributed by atoms with Crippen LogP contribution in [-0.4, -0.2) is 28.8 Å². The lowest BCUT2D eigenvalue weighted by molar-refractivity contribution is 0.345. The quantitative estimate of drug-likeness (QED) is 0.613. The molecule has 0 aliphatic heterocycles. The standard InChI is InChI=1S/C10H19N3S3/c1-10(2,7-11)5-4-6-15-9-13-12-8(14-3)16-9/h4-7,11H2,1-3H3. The summed E-state index contributed by atoms with van der Waals surface area (Å²) in [7, 11) is 0. The highest BCUT2D eigenvalue weighted by Crippen LogP contribution is 2.29. The van der Waals surface area contributed by atoms with Gasteiger partial charge in [-0.25, -0.2) is 0 Å². The van der Waals surface area contributed by atoms with Gasteiger partial charge in [0, 0.05) is 5.75 Å². The van der Waals surface area contributed by atoms with E-state index in [0.29, 0.717) is 0 Å². The molecule has 0 bridgehead atoms. The van der Waals surface area contributed by atoms with E-state index < -0.39 is 0 Å². The number of thioether (sulfide) groups is 2. The first kappa shape index (κ1) is 14.3. The highest BCUT2D eigenvalue weighted by Gasteiger charge is 2.14. The number of rotatable bonds is 7. The summed E-state index contributed by atoms with van der Waals surface area (Å²) in [6.45, 7) is 5.19. The van der Waals surface area contributed by atoms with Crippen LogP contribution in [0.3, 0.4) is 0 Å². The van der Waals surface area contributed by atoms with E-state index in [9.17, 15) is 0 Å². The van der Waals surface area contributed by atoms with Crippen molar-refractivity contribution in [3.05, 3.63) is 0 Å². The Labute approximate surface area is 110 Å². The SMILES string of the molecule is CSc1nnc(SCCCC(C)(C)CN)s1. The first-order valence-electron chi connectivity index (χ1n) is 5.28. The molecule has 0 fully saturated rings. The zero-order chi connectivity index (χ0) is 12.0. The van der Waals surface area contributed by atoms with Gasteiger partial charge in [0.1, 0.15) is 0 Å². The summed E-state index contributed by atoms with van der Waals surface area (Å²) >= 11 is 5.13. The van der Waals surface area contributed by atoms with E-state index in [-0.39, 0.29) is 5.41 Å². The van der Waals surface area contributed by atoms with Gasteiger partial charge in [-0.1, -0.05) is 48.7 Å². The monoisotopic (exact) mass is 277 g/mol. The number of hydrogen-bond acceptors (Lipinski definition) is 6. The fraction of sp³-hybridized carbons (Fsp3) is 0.800. The lowest BCUT2D eigenvalue weighted by Gasteiger charge is -2.21. The van der Waals surface area contributed by atoms with Crippen molar-refractivity contribution in [2.75, 3.05) is 18.6 Å². The molecule has 1 aromatic rings. The van der Waals surface area contributed by atoms with Crippen molar-refractivity contribution in [2.24, 2.45) is 11.1 Å². The van der Waals surface area contributed by atoms with Crippen molar-refractivity contribution in [1.29, 1.82) is 0 Å². The predicted molar refractivity (Wildman–Crippen MR) is 74.5 cm³/mol. The molecule has 0 unspecified atom stereocenters. The van der Waals surface area contributed by atoms with Crippen LogP contribution in [0.5, 0.6) is 0 Å². The van der Waals surface area contributed by atoms with Crippen LogP contribution in [0.2, 0.25) is 0 Å². The van der Waals surface area contributed by atoms with Crippen LogP contribution in [-0.2, 0) is 0 Å². The number of nitrogens with zero attached hydrogens (tertiary/aromatic N) is 2. The van der Waals surface area contributed by atoms with Gasteiger partial charge in [0.15, 0.2) is 8.68 Å². The molecule has 3 nitrogen and oxygen atoms in total. The molecule has 0 aliphatic carbocycles. The summed E-state index contributed by atoms with van der Waals surface area (Å²) in [6.07, 6.45) is 4.38. The van der Waals surface area contributed by atoms with Crippen molar-refractivity contribution in [3.8, 4) is 0 Å². The molecule has 0 radical (unpaired) electrons. The Morgan fingerprint density at radius 3 is 2.56 bits per heavy atom. The third kappa shape index (κ3) is 5.03. The lowest BCUT2D eigenvalue weighted by atomic mass is 9.88. The summed E-state index contributed by atoms with van der Waals surface area (Å²) in [6, 6.07) is 0. The molecule has 1 aromatic heterocycles. The maximum atomic E-state index is 5.69. The van der Waals surface area contributed by atoms with Crippen LogP contribution in [0, 0.1) is 5.41 Å². The van der Waals surface area contributed by atoms with Crippen molar-refractivity contribution < 1.29 is 0 Å². The second-order valence-corrected chi connectivity index (χ2v) is 7.73. The highest BCUT2D eigenvalue weighted by molar-refractivity contribution is 8.02. The van der Waals surface area contributed by atoms with Gasteiger partial charge in [-0.2, -0.15) is 0 Å². The minimum absolute atomic E-state index is 0.270. The van der Waals surface area contributed by atoms with E-state index in [0.717, 1.165) is 21.0 Å². The zero-order valence-corrected chi connectivity index (χ0v) is 12.5. The molecule has 16 heavy (non-hydrogen) atoms. The van der Waals surface area contributed by atoms with E-state index in [4.69, 9.17) is 5.73 Å². The zero-order valence-electron chi connectivity index (χ0n) is 10.0. The molecule has 0 saturated heterocycles. The van der Waals surface area contributed by atoms with Gasteiger partial charge in [0.2, 0.25) is 0 Å². The van der Waals surface area contributed by atoms with E-state index in [1.54, 1.807) is 34.9 Å². The minimum Gasteiger partial charge on any atom is -0.330 e. The molecule has 0 aromatic carbocycles. The van der Waals surface area contributed by atoms with Crippen LogP contribution in [0.4, 0.5) is 0 Å². The smallest absolute Gasteiger partial charge is 0.175 e. The van der Waals surface area contributed by atoms with Crippen molar-refractivity contribution in [3.63, 3.8) is 0 Å². The molecule has 1 rings (SSSR count). The van der Waals surface area contributed by atoms with Crippen molar-refractivity contribution in [2.45, 2.75) is 35.4 Å². The largest absolute Gasteiger partial charge is 0.330 e. The number of nitrogens with two attached hydrogens (primary N) is 1. The van der Waals surface area contributed by atoms with E-state index >= 15 is 0 Å². The number of hydrogen-bond donors (Lipinski definition) is 1. The molecule has 0 atom stereocenters. The fourth-order valence-corrected chi connectivity index (χ4v) is 3.60. The van der Waals surface area contributed by atoms with E-state index in [1.165, 1.54) is 12.8 Å². The Hall–Kier alpha value is 0.220. The Morgan fingerprint density at radius 2 is 2.00 bits per heavy atom. The van der Waals surface area contributed by atoms with E-state index in [2.05, 4.69) is 24.0 Å². The number of aromatic nitrogens is 2. The molecular weight excluding hydrogens is 258 g/mol. The average molecular weight is 277 g/mol. The molecule has 0 amide bonds. The van der Waals surface area contributed by atoms with Crippen LogP contribution in [0.15, 0.2) is 8.68 Å². The Bertz CT molecular complexity index is 312. The Morgan fingerprint density at radius 1 is 1.31 bits per heavy atom. The van der Waals surface area contributed by atoms with Gasteiger partial charge in [-0.3, -0.25) is 0 Å². The Kier molecular flexibility index (Phi) is 6.10. The fourth-order valence-electron chi connectivity index (χ4n) is 1.15. The first-order chi connectivity index (χ1) is 7.57. The first-order valence-corrected chi connectivity index (χ1v) is 8.30. The third-order valence-corrected chi connectivity index (χ3v) is 5.46. The van der Waals surface area contributed by atoms with E-state index in [1.807, 2.05) is 6.26 Å². The maximum absolute atomic E-state index is 5.69. The normalized spacial score (nSPS) is 12.0. The van der Waals surface area contributed by atoms with Gasteiger partial charge in [-0.05, 0) is 31.1 Å². The van der Waals surface area contributed by atoms with Gasteiger partial charge in [0.05, 0.1) is 0 Å². The molecule has 92 valence electrons. The molecule has 0 spiro atoms. The molecule has 0 aliphatic rings. The molecule has 0 saturated carbocycles. The van der Waals surface area contributed by atoms with Crippen LogP contribution in [0.25, 0.3) is 0 Å². The molecule has 2 N–H and O–H groups in total. The second kappa shape index (κ2) is 6.83. The summed E-state index contributed by atoms with van der Waals surface area (Å²) in [5.41, 5.74) is 5.96. The molecule has 1 heterocycles. The lowest BCUT2D eigenvalue weighted by Crippen LogP contribution is -2.23. The van der Waals surface area contributed by atoms with Gasteiger partial charge in [0.25, 0.3) is 0 Å². The topological polar surface area (TPSA) is 51.8 Å².